The zero-order chi connectivity index (χ0) is 15.9. The number of likely N-dealkylation sites (tertiary alicyclic amines) is 1. The lowest BCUT2D eigenvalue weighted by atomic mass is 9.88. The zero-order valence-electron chi connectivity index (χ0n) is 13.1. The first-order chi connectivity index (χ1) is 10.6. The van der Waals surface area contributed by atoms with Gasteiger partial charge in [0.05, 0.1) is 6.04 Å². The average Bonchev–Trinajstić information content (AvgIpc) is 2.51. The Bertz CT molecular complexity index is 535. The summed E-state index contributed by atoms with van der Waals surface area (Å²) in [6.07, 6.45) is 5.99. The van der Waals surface area contributed by atoms with Gasteiger partial charge in [-0.25, -0.2) is 4.79 Å². The smallest absolute Gasteiger partial charge is 0.318 e. The Morgan fingerprint density at radius 1 is 1.55 bits per heavy atom. The van der Waals surface area contributed by atoms with Crippen molar-refractivity contribution in [3.05, 3.63) is 46.3 Å². The summed E-state index contributed by atoms with van der Waals surface area (Å²) in [7, 11) is 0. The van der Waals surface area contributed by atoms with Crippen molar-refractivity contribution in [2.45, 2.75) is 25.8 Å². The van der Waals surface area contributed by atoms with E-state index in [0.29, 0.717) is 12.5 Å². The largest absolute Gasteiger partial charge is 0.334 e. The number of urea groups is 1. The summed E-state index contributed by atoms with van der Waals surface area (Å²) in [4.78, 5) is 14.4. The molecule has 2 amide bonds. The molecular formula is C17H23ClN2OS. The van der Waals surface area contributed by atoms with E-state index in [9.17, 15) is 4.79 Å². The number of hydrogen-bond donors (Lipinski definition) is 1. The van der Waals surface area contributed by atoms with Crippen LogP contribution >= 0.6 is 23.4 Å². The molecule has 0 aromatic heterocycles. The van der Waals surface area contributed by atoms with Crippen molar-refractivity contribution in [1.82, 2.24) is 10.2 Å². The second kappa shape index (κ2) is 8.49. The number of nitrogens with one attached hydrogen (secondary N) is 1. The molecule has 1 heterocycles. The first kappa shape index (κ1) is 17.2. The predicted octanol–water partition coefficient (Wildman–Crippen LogP) is 4.70. The molecule has 1 aliphatic rings. The molecule has 3 nitrogen and oxygen atoms in total. The van der Waals surface area contributed by atoms with Crippen molar-refractivity contribution >= 4 is 29.4 Å². The summed E-state index contributed by atoms with van der Waals surface area (Å²) < 4.78 is 0. The summed E-state index contributed by atoms with van der Waals surface area (Å²) >= 11 is 7.74. The fourth-order valence-electron chi connectivity index (χ4n) is 2.81. The molecule has 2 rings (SSSR count). The third kappa shape index (κ3) is 4.68. The van der Waals surface area contributed by atoms with Crippen LogP contribution in [0.5, 0.6) is 0 Å². The predicted molar refractivity (Wildman–Crippen MR) is 95.4 cm³/mol. The van der Waals surface area contributed by atoms with Gasteiger partial charge in [0.2, 0.25) is 0 Å². The minimum absolute atomic E-state index is 0.00243. The summed E-state index contributed by atoms with van der Waals surface area (Å²) in [6, 6.07) is 7.96. The second-order valence-electron chi connectivity index (χ2n) is 5.69. The van der Waals surface area contributed by atoms with Gasteiger partial charge in [-0.3, -0.25) is 0 Å². The number of rotatable bonds is 4. The third-order valence-electron chi connectivity index (χ3n) is 3.96. The van der Waals surface area contributed by atoms with E-state index in [2.05, 4.69) is 18.3 Å². The van der Waals surface area contributed by atoms with Crippen LogP contribution in [0, 0.1) is 5.92 Å². The Kier molecular flexibility index (Phi) is 6.65. The van der Waals surface area contributed by atoms with Crippen molar-refractivity contribution in [2.75, 3.05) is 19.3 Å². The Labute approximate surface area is 142 Å². The summed E-state index contributed by atoms with van der Waals surface area (Å²) in [5, 5.41) is 5.67. The minimum Gasteiger partial charge on any atom is -0.334 e. The maximum absolute atomic E-state index is 12.5. The van der Waals surface area contributed by atoms with E-state index in [1.165, 1.54) is 0 Å². The van der Waals surface area contributed by atoms with Crippen LogP contribution in [0.15, 0.2) is 35.7 Å². The molecule has 1 aromatic carbocycles. The molecule has 0 bridgehead atoms. The lowest BCUT2D eigenvalue weighted by Crippen LogP contribution is -2.46. The van der Waals surface area contributed by atoms with Crippen LogP contribution in [0.3, 0.4) is 0 Å². The van der Waals surface area contributed by atoms with E-state index < -0.39 is 0 Å². The minimum atomic E-state index is 0.00243. The highest BCUT2D eigenvalue weighted by atomic mass is 35.5. The summed E-state index contributed by atoms with van der Waals surface area (Å²) in [5.74, 6) is 0.615. The number of benzene rings is 1. The van der Waals surface area contributed by atoms with E-state index >= 15 is 0 Å². The molecule has 0 aliphatic carbocycles. The molecule has 2 unspecified atom stereocenters. The van der Waals surface area contributed by atoms with Crippen molar-refractivity contribution in [1.29, 1.82) is 0 Å². The van der Waals surface area contributed by atoms with Gasteiger partial charge in [0.25, 0.3) is 0 Å². The van der Waals surface area contributed by atoms with E-state index in [4.69, 9.17) is 11.6 Å². The van der Waals surface area contributed by atoms with Gasteiger partial charge < -0.3 is 10.2 Å². The zero-order valence-corrected chi connectivity index (χ0v) is 14.7. The number of hydrogen-bond acceptors (Lipinski definition) is 2. The molecular weight excluding hydrogens is 316 g/mol. The van der Waals surface area contributed by atoms with Crippen molar-refractivity contribution in [2.24, 2.45) is 5.92 Å². The highest BCUT2D eigenvalue weighted by Crippen LogP contribution is 2.34. The van der Waals surface area contributed by atoms with Gasteiger partial charge in [0, 0.05) is 18.1 Å². The number of amides is 2. The molecule has 2 atom stereocenters. The molecule has 1 aliphatic heterocycles. The van der Waals surface area contributed by atoms with Crippen LogP contribution in [-0.4, -0.2) is 30.3 Å². The van der Waals surface area contributed by atoms with Gasteiger partial charge in [-0.05, 0) is 48.1 Å². The average molecular weight is 339 g/mol. The van der Waals surface area contributed by atoms with E-state index in [1.807, 2.05) is 40.8 Å². The molecule has 120 valence electrons. The Morgan fingerprint density at radius 3 is 3.09 bits per heavy atom. The van der Waals surface area contributed by atoms with Gasteiger partial charge in [0.1, 0.15) is 0 Å². The summed E-state index contributed by atoms with van der Waals surface area (Å²) in [5.41, 5.74) is 1.12. The van der Waals surface area contributed by atoms with Gasteiger partial charge in [-0.1, -0.05) is 36.7 Å². The molecule has 1 fully saturated rings. The maximum atomic E-state index is 12.5. The standard InChI is InChI=1S/C17H23ClN2OS/c1-13-7-9-20(17(21)19-8-4-10-22-2)16(11-13)14-5-3-6-15(18)12-14/h3-6,10,12-13,16H,7-9,11H2,1-2H3,(H,19,21)/b10-4+. The van der Waals surface area contributed by atoms with Crippen LogP contribution in [-0.2, 0) is 0 Å². The van der Waals surface area contributed by atoms with E-state index in [0.717, 1.165) is 30.0 Å². The summed E-state index contributed by atoms with van der Waals surface area (Å²) in [6.45, 7) is 3.60. The number of halogens is 1. The Hall–Kier alpha value is -1.13. The lowest BCUT2D eigenvalue weighted by Gasteiger charge is -2.38. The number of nitrogens with zero attached hydrogens (tertiary/aromatic N) is 1. The van der Waals surface area contributed by atoms with Gasteiger partial charge in [-0.2, -0.15) is 0 Å². The van der Waals surface area contributed by atoms with Crippen molar-refractivity contribution in [3.8, 4) is 0 Å². The molecule has 1 N–H and O–H groups in total. The quantitative estimate of drug-likeness (QED) is 0.863. The van der Waals surface area contributed by atoms with Crippen LogP contribution in [0.1, 0.15) is 31.4 Å². The molecule has 1 saturated heterocycles. The Morgan fingerprint density at radius 2 is 2.36 bits per heavy atom. The monoisotopic (exact) mass is 338 g/mol. The molecule has 0 saturated carbocycles. The Balaban J connectivity index is 2.09. The number of piperidine rings is 1. The van der Waals surface area contributed by atoms with E-state index in [-0.39, 0.29) is 12.1 Å². The van der Waals surface area contributed by atoms with Gasteiger partial charge in [-0.15, -0.1) is 11.8 Å². The lowest BCUT2D eigenvalue weighted by molar-refractivity contribution is 0.132. The van der Waals surface area contributed by atoms with Crippen LogP contribution < -0.4 is 5.32 Å². The molecule has 5 heteroatoms. The highest BCUT2D eigenvalue weighted by Gasteiger charge is 2.30. The van der Waals surface area contributed by atoms with E-state index in [1.54, 1.807) is 11.8 Å². The molecule has 1 aromatic rings. The fourth-order valence-corrected chi connectivity index (χ4v) is 3.29. The van der Waals surface area contributed by atoms with Gasteiger partial charge >= 0.3 is 6.03 Å². The van der Waals surface area contributed by atoms with Crippen molar-refractivity contribution < 1.29 is 4.79 Å². The first-order valence-electron chi connectivity index (χ1n) is 7.59. The van der Waals surface area contributed by atoms with Crippen LogP contribution in [0.2, 0.25) is 5.02 Å². The highest BCUT2D eigenvalue weighted by molar-refractivity contribution is 8.01. The molecule has 0 radical (unpaired) electrons. The fraction of sp³-hybridized carbons (Fsp3) is 0.471. The van der Waals surface area contributed by atoms with Crippen LogP contribution in [0.25, 0.3) is 0 Å². The topological polar surface area (TPSA) is 32.3 Å². The number of carbonyl (C=O) groups excluding carboxylic acids is 1. The van der Waals surface area contributed by atoms with Gasteiger partial charge in [0.15, 0.2) is 0 Å². The first-order valence-corrected chi connectivity index (χ1v) is 9.26. The SMILES string of the molecule is CS/C=C/CNC(=O)N1CCC(C)CC1c1cccc(Cl)c1. The van der Waals surface area contributed by atoms with Crippen molar-refractivity contribution in [3.63, 3.8) is 0 Å². The third-order valence-corrected chi connectivity index (χ3v) is 4.66. The molecule has 0 spiro atoms. The normalized spacial score (nSPS) is 22.0. The number of thioether (sulfide) groups is 1. The second-order valence-corrected chi connectivity index (χ2v) is 6.87. The number of carbonyl (C=O) groups is 1. The maximum Gasteiger partial charge on any atom is 0.318 e. The van der Waals surface area contributed by atoms with Crippen LogP contribution in [0.4, 0.5) is 4.79 Å². The molecule has 22 heavy (non-hydrogen) atoms.